The van der Waals surface area contributed by atoms with E-state index in [0.717, 1.165) is 5.56 Å². The van der Waals surface area contributed by atoms with E-state index in [9.17, 15) is 8.78 Å². The molecule has 0 bridgehead atoms. The zero-order valence-corrected chi connectivity index (χ0v) is 11.1. The third-order valence-corrected chi connectivity index (χ3v) is 3.60. The van der Waals surface area contributed by atoms with Gasteiger partial charge in [-0.1, -0.05) is 29.3 Å². The Morgan fingerprint density at radius 1 is 1.33 bits per heavy atom. The summed E-state index contributed by atoms with van der Waals surface area (Å²) < 4.78 is 30.3. The van der Waals surface area contributed by atoms with Gasteiger partial charge in [-0.05, 0) is 17.7 Å². The Bertz CT molecular complexity index is 417. The summed E-state index contributed by atoms with van der Waals surface area (Å²) in [5, 5.41) is 0.921. The summed E-state index contributed by atoms with van der Waals surface area (Å²) in [4.78, 5) is 1.70. The van der Waals surface area contributed by atoms with E-state index in [1.165, 1.54) is 0 Å². The number of nitrogens with zero attached hydrogens (tertiary/aromatic N) is 1. The van der Waals surface area contributed by atoms with E-state index in [0.29, 0.717) is 29.7 Å². The number of rotatable bonds is 3. The van der Waals surface area contributed by atoms with Crippen molar-refractivity contribution in [1.82, 2.24) is 4.90 Å². The number of hydrogen-bond donors (Lipinski definition) is 0. The van der Waals surface area contributed by atoms with Crippen molar-refractivity contribution < 1.29 is 13.5 Å². The van der Waals surface area contributed by atoms with Crippen LogP contribution < -0.4 is 0 Å². The van der Waals surface area contributed by atoms with Crippen LogP contribution in [0.15, 0.2) is 18.2 Å². The number of alkyl halides is 2. The Balaban J connectivity index is 2.05. The molecule has 1 unspecified atom stereocenters. The van der Waals surface area contributed by atoms with Crippen molar-refractivity contribution in [1.29, 1.82) is 0 Å². The molecular formula is C12H13Cl2F2NO. The molecule has 100 valence electrons. The fourth-order valence-electron chi connectivity index (χ4n) is 1.98. The monoisotopic (exact) mass is 295 g/mol. The molecule has 1 heterocycles. The zero-order chi connectivity index (χ0) is 13.1. The molecule has 1 fully saturated rings. The van der Waals surface area contributed by atoms with Crippen LogP contribution in [0.1, 0.15) is 11.7 Å². The number of morpholine rings is 1. The van der Waals surface area contributed by atoms with E-state index in [-0.39, 0.29) is 12.6 Å². The van der Waals surface area contributed by atoms with Crippen LogP contribution in [0.25, 0.3) is 0 Å². The topological polar surface area (TPSA) is 12.5 Å². The lowest BCUT2D eigenvalue weighted by Crippen LogP contribution is -2.40. The van der Waals surface area contributed by atoms with Crippen molar-refractivity contribution in [3.8, 4) is 0 Å². The molecule has 0 saturated carbocycles. The summed E-state index contributed by atoms with van der Waals surface area (Å²) in [7, 11) is 0. The van der Waals surface area contributed by atoms with Gasteiger partial charge in [-0.3, -0.25) is 4.90 Å². The lowest BCUT2D eigenvalue weighted by molar-refractivity contribution is -0.0461. The van der Waals surface area contributed by atoms with Gasteiger partial charge in [0.2, 0.25) is 0 Å². The Morgan fingerprint density at radius 3 is 2.78 bits per heavy atom. The summed E-state index contributed by atoms with van der Waals surface area (Å²) in [6.07, 6.45) is -2.55. The van der Waals surface area contributed by atoms with Crippen molar-refractivity contribution in [2.45, 2.75) is 12.5 Å². The number of halogens is 4. The molecule has 1 aromatic rings. The maximum atomic E-state index is 12.3. The Labute approximate surface area is 114 Å². The minimum Gasteiger partial charge on any atom is -0.371 e. The highest BCUT2D eigenvalue weighted by atomic mass is 35.5. The Kier molecular flexibility index (Phi) is 4.78. The van der Waals surface area contributed by atoms with E-state index in [2.05, 4.69) is 0 Å². The largest absolute Gasteiger partial charge is 0.371 e. The van der Waals surface area contributed by atoms with E-state index in [1.54, 1.807) is 17.0 Å². The molecule has 0 spiro atoms. The lowest BCUT2D eigenvalue weighted by atomic mass is 10.1. The van der Waals surface area contributed by atoms with Crippen molar-refractivity contribution in [3.63, 3.8) is 0 Å². The van der Waals surface area contributed by atoms with Crippen LogP contribution in [0.3, 0.4) is 0 Å². The van der Waals surface area contributed by atoms with Gasteiger partial charge in [-0.2, -0.15) is 0 Å². The van der Waals surface area contributed by atoms with Crippen LogP contribution in [0.4, 0.5) is 8.78 Å². The van der Waals surface area contributed by atoms with Crippen LogP contribution in [0.5, 0.6) is 0 Å². The minimum atomic E-state index is -2.32. The van der Waals surface area contributed by atoms with Gasteiger partial charge in [0.05, 0.1) is 29.3 Å². The van der Waals surface area contributed by atoms with Crippen molar-refractivity contribution in [2.75, 3.05) is 26.2 Å². The van der Waals surface area contributed by atoms with Crippen molar-refractivity contribution in [2.24, 2.45) is 0 Å². The molecule has 1 atom stereocenters. The van der Waals surface area contributed by atoms with E-state index in [4.69, 9.17) is 27.9 Å². The first kappa shape index (κ1) is 14.0. The fourth-order valence-corrected chi connectivity index (χ4v) is 2.28. The fraction of sp³-hybridized carbons (Fsp3) is 0.500. The first-order valence-electron chi connectivity index (χ1n) is 5.63. The second kappa shape index (κ2) is 6.15. The second-order valence-electron chi connectivity index (χ2n) is 4.18. The predicted octanol–water partition coefficient (Wildman–Crippen LogP) is 3.63. The molecule has 1 aliphatic heterocycles. The van der Waals surface area contributed by atoms with Gasteiger partial charge in [0.25, 0.3) is 6.43 Å². The Morgan fingerprint density at radius 2 is 2.11 bits per heavy atom. The predicted molar refractivity (Wildman–Crippen MR) is 67.6 cm³/mol. The molecular weight excluding hydrogens is 283 g/mol. The van der Waals surface area contributed by atoms with Gasteiger partial charge < -0.3 is 4.74 Å². The molecule has 0 N–H and O–H groups in total. The highest BCUT2D eigenvalue weighted by Crippen LogP contribution is 2.29. The standard InChI is InChI=1S/C12H13Cl2F2NO/c13-9-2-1-8(5-10(9)14)11-6-17(3-4-18-11)7-12(15)16/h1-2,5,11-12H,3-4,6-7H2. The highest BCUT2D eigenvalue weighted by Gasteiger charge is 2.24. The van der Waals surface area contributed by atoms with Gasteiger partial charge in [-0.15, -0.1) is 0 Å². The average molecular weight is 296 g/mol. The number of hydrogen-bond acceptors (Lipinski definition) is 2. The molecule has 0 aromatic heterocycles. The summed E-state index contributed by atoms with van der Waals surface area (Å²) in [6, 6.07) is 5.22. The molecule has 2 rings (SSSR count). The van der Waals surface area contributed by atoms with Crippen molar-refractivity contribution in [3.05, 3.63) is 33.8 Å². The molecule has 0 amide bonds. The normalized spacial score (nSPS) is 21.5. The van der Waals surface area contributed by atoms with E-state index < -0.39 is 6.43 Å². The smallest absolute Gasteiger partial charge is 0.251 e. The first-order chi connectivity index (χ1) is 8.56. The summed E-state index contributed by atoms with van der Waals surface area (Å²) in [6.45, 7) is 1.20. The quantitative estimate of drug-likeness (QED) is 0.844. The molecule has 1 aliphatic rings. The molecule has 1 saturated heterocycles. The van der Waals surface area contributed by atoms with Crippen LogP contribution in [0.2, 0.25) is 10.0 Å². The van der Waals surface area contributed by atoms with Gasteiger partial charge in [0, 0.05) is 13.1 Å². The molecule has 18 heavy (non-hydrogen) atoms. The summed E-state index contributed by atoms with van der Waals surface area (Å²) in [5.74, 6) is 0. The summed E-state index contributed by atoms with van der Waals surface area (Å²) >= 11 is 11.8. The molecule has 0 radical (unpaired) electrons. The van der Waals surface area contributed by atoms with Crippen LogP contribution in [0, 0.1) is 0 Å². The van der Waals surface area contributed by atoms with E-state index >= 15 is 0 Å². The molecule has 6 heteroatoms. The molecule has 0 aliphatic carbocycles. The van der Waals surface area contributed by atoms with Gasteiger partial charge in [0.15, 0.2) is 0 Å². The maximum absolute atomic E-state index is 12.3. The van der Waals surface area contributed by atoms with Gasteiger partial charge >= 0.3 is 0 Å². The Hall–Kier alpha value is -0.420. The summed E-state index contributed by atoms with van der Waals surface area (Å²) in [5.41, 5.74) is 0.864. The maximum Gasteiger partial charge on any atom is 0.251 e. The van der Waals surface area contributed by atoms with E-state index in [1.807, 2.05) is 6.07 Å². The zero-order valence-electron chi connectivity index (χ0n) is 9.58. The SMILES string of the molecule is FC(F)CN1CCOC(c2ccc(Cl)c(Cl)c2)C1. The molecule has 1 aromatic carbocycles. The van der Waals surface area contributed by atoms with Crippen molar-refractivity contribution >= 4 is 23.2 Å². The van der Waals surface area contributed by atoms with Gasteiger partial charge in [-0.25, -0.2) is 8.78 Å². The van der Waals surface area contributed by atoms with Crippen LogP contribution >= 0.6 is 23.2 Å². The van der Waals surface area contributed by atoms with Crippen LogP contribution in [-0.4, -0.2) is 37.6 Å². The first-order valence-corrected chi connectivity index (χ1v) is 6.39. The minimum absolute atomic E-state index is 0.221. The lowest BCUT2D eigenvalue weighted by Gasteiger charge is -2.32. The number of ether oxygens (including phenoxy) is 1. The molecule has 2 nitrogen and oxygen atoms in total. The second-order valence-corrected chi connectivity index (χ2v) is 5.00. The number of benzene rings is 1. The highest BCUT2D eigenvalue weighted by molar-refractivity contribution is 6.42. The third-order valence-electron chi connectivity index (χ3n) is 2.86. The van der Waals surface area contributed by atoms with Gasteiger partial charge in [0.1, 0.15) is 0 Å². The average Bonchev–Trinajstić information content (AvgIpc) is 2.32. The third kappa shape index (κ3) is 3.54. The van der Waals surface area contributed by atoms with Crippen LogP contribution in [-0.2, 0) is 4.74 Å².